The second kappa shape index (κ2) is 4.11. The van der Waals surface area contributed by atoms with Crippen LogP contribution in [0.15, 0.2) is 12.4 Å². The molecule has 1 aromatic rings. The molecule has 2 heterocycles. The van der Waals surface area contributed by atoms with Crippen LogP contribution in [0, 0.1) is 0 Å². The molecule has 4 heteroatoms. The van der Waals surface area contributed by atoms with Gasteiger partial charge in [0, 0.05) is 38.1 Å². The van der Waals surface area contributed by atoms with Crippen LogP contribution in [-0.2, 0) is 13.1 Å². The van der Waals surface area contributed by atoms with Crippen LogP contribution in [0.1, 0.15) is 12.7 Å². The number of fused-ring (bicyclic) bond motifs is 1. The molecule has 78 valence electrons. The summed E-state index contributed by atoms with van der Waals surface area (Å²) in [6, 6.07) is 0.552. The highest BCUT2D eigenvalue weighted by Gasteiger charge is 2.17. The van der Waals surface area contributed by atoms with Gasteiger partial charge in [-0.05, 0) is 14.0 Å². The molecule has 0 aliphatic carbocycles. The molecule has 1 aromatic heterocycles. The molecule has 4 nitrogen and oxygen atoms in total. The van der Waals surface area contributed by atoms with Crippen molar-refractivity contribution in [3.05, 3.63) is 18.2 Å². The lowest BCUT2D eigenvalue weighted by Gasteiger charge is -2.29. The van der Waals surface area contributed by atoms with Crippen LogP contribution < -0.4 is 5.32 Å². The van der Waals surface area contributed by atoms with Crippen molar-refractivity contribution in [2.45, 2.75) is 26.1 Å². The molecule has 1 N–H and O–H groups in total. The first-order valence-electron chi connectivity index (χ1n) is 5.19. The highest BCUT2D eigenvalue weighted by Crippen LogP contribution is 2.09. The Hall–Kier alpha value is -0.870. The van der Waals surface area contributed by atoms with E-state index in [1.807, 2.05) is 13.2 Å². The zero-order valence-corrected chi connectivity index (χ0v) is 8.90. The number of nitrogens with zero attached hydrogens (tertiary/aromatic N) is 3. The summed E-state index contributed by atoms with van der Waals surface area (Å²) >= 11 is 0. The number of imidazole rings is 1. The maximum Gasteiger partial charge on any atom is 0.122 e. The van der Waals surface area contributed by atoms with Gasteiger partial charge in [-0.1, -0.05) is 0 Å². The Morgan fingerprint density at radius 3 is 3.21 bits per heavy atom. The highest BCUT2D eigenvalue weighted by atomic mass is 15.2. The molecule has 1 aliphatic rings. The molecule has 1 atom stereocenters. The molecule has 2 rings (SSSR count). The monoisotopic (exact) mass is 194 g/mol. The molecule has 1 unspecified atom stereocenters. The van der Waals surface area contributed by atoms with Gasteiger partial charge in [0.15, 0.2) is 0 Å². The third-order valence-corrected chi connectivity index (χ3v) is 2.85. The number of rotatable bonds is 3. The van der Waals surface area contributed by atoms with Crippen LogP contribution in [0.25, 0.3) is 0 Å². The topological polar surface area (TPSA) is 33.1 Å². The second-order valence-electron chi connectivity index (χ2n) is 3.96. The first-order chi connectivity index (χ1) is 6.79. The van der Waals surface area contributed by atoms with Crippen molar-refractivity contribution in [2.24, 2.45) is 0 Å². The van der Waals surface area contributed by atoms with Crippen LogP contribution in [0.3, 0.4) is 0 Å². The van der Waals surface area contributed by atoms with Gasteiger partial charge in [-0.25, -0.2) is 4.98 Å². The highest BCUT2D eigenvalue weighted by molar-refractivity contribution is 4.95. The average Bonchev–Trinajstić information content (AvgIpc) is 2.64. The number of nitrogens with one attached hydrogen (secondary N) is 1. The maximum atomic E-state index is 4.34. The lowest BCUT2D eigenvalue weighted by atomic mass is 10.2. The summed E-state index contributed by atoms with van der Waals surface area (Å²) in [5, 5.41) is 3.26. The van der Waals surface area contributed by atoms with Gasteiger partial charge in [0.25, 0.3) is 0 Å². The molecule has 0 saturated heterocycles. The molecule has 0 amide bonds. The molecule has 0 bridgehead atoms. The summed E-state index contributed by atoms with van der Waals surface area (Å²) in [5.41, 5.74) is 0. The van der Waals surface area contributed by atoms with E-state index < -0.39 is 0 Å². The van der Waals surface area contributed by atoms with E-state index in [9.17, 15) is 0 Å². The third-order valence-electron chi connectivity index (χ3n) is 2.85. The number of hydrogen-bond acceptors (Lipinski definition) is 3. The predicted octanol–water partition coefficient (Wildman–Crippen LogP) is 0.307. The molecular formula is C10H18N4. The summed E-state index contributed by atoms with van der Waals surface area (Å²) in [6.45, 7) is 6.50. The van der Waals surface area contributed by atoms with Gasteiger partial charge >= 0.3 is 0 Å². The zero-order chi connectivity index (χ0) is 9.97. The molecular weight excluding hydrogens is 176 g/mol. The minimum absolute atomic E-state index is 0.552. The summed E-state index contributed by atoms with van der Waals surface area (Å²) in [6.07, 6.45) is 3.95. The number of aromatic nitrogens is 2. The standard InChI is InChI=1S/C10H18N4/c1-9(11-2)7-13-5-6-14-4-3-12-10(14)8-13/h3-4,9,11H,5-8H2,1-2H3. The Morgan fingerprint density at radius 1 is 1.57 bits per heavy atom. The Bertz CT molecular complexity index is 294. The lowest BCUT2D eigenvalue weighted by molar-refractivity contribution is 0.201. The van der Waals surface area contributed by atoms with Crippen molar-refractivity contribution in [3.63, 3.8) is 0 Å². The van der Waals surface area contributed by atoms with Crippen molar-refractivity contribution in [2.75, 3.05) is 20.1 Å². The smallest absolute Gasteiger partial charge is 0.122 e. The summed E-state index contributed by atoms with van der Waals surface area (Å²) in [5.74, 6) is 1.19. The fourth-order valence-electron chi connectivity index (χ4n) is 1.86. The van der Waals surface area contributed by atoms with Crippen molar-refractivity contribution >= 4 is 0 Å². The van der Waals surface area contributed by atoms with E-state index in [0.29, 0.717) is 6.04 Å². The summed E-state index contributed by atoms with van der Waals surface area (Å²) in [7, 11) is 2.01. The van der Waals surface area contributed by atoms with Crippen LogP contribution in [-0.4, -0.2) is 40.6 Å². The normalized spacial score (nSPS) is 19.3. The van der Waals surface area contributed by atoms with Gasteiger partial charge in [-0.2, -0.15) is 0 Å². The van der Waals surface area contributed by atoms with Gasteiger partial charge < -0.3 is 9.88 Å². The zero-order valence-electron chi connectivity index (χ0n) is 8.90. The van der Waals surface area contributed by atoms with Gasteiger partial charge in [0.1, 0.15) is 5.82 Å². The minimum Gasteiger partial charge on any atom is -0.333 e. The molecule has 0 fully saturated rings. The van der Waals surface area contributed by atoms with Gasteiger partial charge in [0.05, 0.1) is 6.54 Å². The fraction of sp³-hybridized carbons (Fsp3) is 0.700. The van der Waals surface area contributed by atoms with Crippen molar-refractivity contribution in [1.82, 2.24) is 19.8 Å². The van der Waals surface area contributed by atoms with E-state index >= 15 is 0 Å². The van der Waals surface area contributed by atoms with E-state index in [-0.39, 0.29) is 0 Å². The van der Waals surface area contributed by atoms with Gasteiger partial charge in [-0.15, -0.1) is 0 Å². The maximum absolute atomic E-state index is 4.34. The van der Waals surface area contributed by atoms with E-state index in [2.05, 4.69) is 32.9 Å². The van der Waals surface area contributed by atoms with Crippen LogP contribution >= 0.6 is 0 Å². The van der Waals surface area contributed by atoms with Gasteiger partial charge in [-0.3, -0.25) is 4.90 Å². The van der Waals surface area contributed by atoms with E-state index in [0.717, 1.165) is 26.2 Å². The molecule has 14 heavy (non-hydrogen) atoms. The molecule has 0 aromatic carbocycles. The quantitative estimate of drug-likeness (QED) is 0.751. The Morgan fingerprint density at radius 2 is 2.43 bits per heavy atom. The molecule has 1 aliphatic heterocycles. The first kappa shape index (κ1) is 9.68. The molecule has 0 radical (unpaired) electrons. The summed E-state index contributed by atoms with van der Waals surface area (Å²) < 4.78 is 2.24. The van der Waals surface area contributed by atoms with Crippen LogP contribution in [0.5, 0.6) is 0 Å². The fourth-order valence-corrected chi connectivity index (χ4v) is 1.86. The third kappa shape index (κ3) is 1.96. The number of likely N-dealkylation sites (N-methyl/N-ethyl adjacent to an activating group) is 1. The lowest BCUT2D eigenvalue weighted by Crippen LogP contribution is -2.41. The number of hydrogen-bond donors (Lipinski definition) is 1. The second-order valence-corrected chi connectivity index (χ2v) is 3.96. The SMILES string of the molecule is CNC(C)CN1CCn2ccnc2C1. The largest absolute Gasteiger partial charge is 0.333 e. The van der Waals surface area contributed by atoms with Crippen molar-refractivity contribution in [1.29, 1.82) is 0 Å². The van der Waals surface area contributed by atoms with Crippen molar-refractivity contribution in [3.8, 4) is 0 Å². The minimum atomic E-state index is 0.552. The first-order valence-corrected chi connectivity index (χ1v) is 5.19. The van der Waals surface area contributed by atoms with Gasteiger partial charge in [0.2, 0.25) is 0 Å². The Kier molecular flexibility index (Phi) is 2.84. The molecule has 0 saturated carbocycles. The predicted molar refractivity (Wildman–Crippen MR) is 56.0 cm³/mol. The van der Waals surface area contributed by atoms with Crippen LogP contribution in [0.2, 0.25) is 0 Å². The van der Waals surface area contributed by atoms with Crippen molar-refractivity contribution < 1.29 is 0 Å². The van der Waals surface area contributed by atoms with E-state index in [1.165, 1.54) is 5.82 Å². The molecule has 0 spiro atoms. The Labute approximate surface area is 84.9 Å². The van der Waals surface area contributed by atoms with Crippen LogP contribution in [0.4, 0.5) is 0 Å². The summed E-state index contributed by atoms with van der Waals surface area (Å²) in [4.78, 5) is 6.79. The average molecular weight is 194 g/mol. The van der Waals surface area contributed by atoms with E-state index in [4.69, 9.17) is 0 Å². The Balaban J connectivity index is 1.94. The van der Waals surface area contributed by atoms with E-state index in [1.54, 1.807) is 0 Å².